The van der Waals surface area contributed by atoms with Crippen molar-refractivity contribution in [1.82, 2.24) is 5.43 Å². The first kappa shape index (κ1) is 18.5. The van der Waals surface area contributed by atoms with Gasteiger partial charge in [-0.15, -0.1) is 11.3 Å². The predicted octanol–water partition coefficient (Wildman–Crippen LogP) is 5.40. The number of rotatable bonds is 6. The molecule has 0 atom stereocenters. The number of hydrogen-bond acceptors (Lipinski definition) is 4. The van der Waals surface area contributed by atoms with Gasteiger partial charge < -0.3 is 4.74 Å². The van der Waals surface area contributed by atoms with E-state index in [-0.39, 0.29) is 5.91 Å². The lowest BCUT2D eigenvalue weighted by Gasteiger charge is -2.08. The Bertz CT molecular complexity index is 910. The van der Waals surface area contributed by atoms with Crippen molar-refractivity contribution in [3.63, 3.8) is 0 Å². The number of ether oxygens (including phenoxy) is 1. The topological polar surface area (TPSA) is 50.7 Å². The Kier molecular flexibility index (Phi) is 6.28. The van der Waals surface area contributed by atoms with Gasteiger partial charge in [0.05, 0.1) is 6.21 Å². The van der Waals surface area contributed by atoms with Crippen LogP contribution in [0.3, 0.4) is 0 Å². The standard InChI is InChI=1S/C19H14Cl2N2O2S/c20-15-6-3-14(18(21)10-15)12-25-16-7-4-13(5-8-16)19(24)23-22-11-17-2-1-9-26-17/h1-11H,12H2,(H,23,24)/b22-11-. The van der Waals surface area contributed by atoms with Crippen LogP contribution in [0.25, 0.3) is 0 Å². The van der Waals surface area contributed by atoms with E-state index in [4.69, 9.17) is 27.9 Å². The average molecular weight is 405 g/mol. The molecule has 0 saturated heterocycles. The normalized spacial score (nSPS) is 10.8. The molecular formula is C19H14Cl2N2O2S. The highest BCUT2D eigenvalue weighted by Gasteiger charge is 2.06. The maximum atomic E-state index is 12.0. The van der Waals surface area contributed by atoms with Crippen molar-refractivity contribution < 1.29 is 9.53 Å². The lowest BCUT2D eigenvalue weighted by atomic mass is 10.2. The van der Waals surface area contributed by atoms with Crippen molar-refractivity contribution in [3.8, 4) is 5.75 Å². The summed E-state index contributed by atoms with van der Waals surface area (Å²) in [6, 6.07) is 15.9. The summed E-state index contributed by atoms with van der Waals surface area (Å²) in [6.07, 6.45) is 1.61. The zero-order valence-corrected chi connectivity index (χ0v) is 15.8. The minimum atomic E-state index is -0.287. The smallest absolute Gasteiger partial charge is 0.271 e. The SMILES string of the molecule is O=C(N/N=C\c1cccs1)c1ccc(OCc2ccc(Cl)cc2Cl)cc1. The minimum absolute atomic E-state index is 0.287. The Balaban J connectivity index is 1.55. The minimum Gasteiger partial charge on any atom is -0.489 e. The molecule has 1 heterocycles. The van der Waals surface area contributed by atoms with Gasteiger partial charge in [-0.1, -0.05) is 35.3 Å². The molecule has 0 spiro atoms. The Morgan fingerprint density at radius 3 is 2.65 bits per heavy atom. The largest absolute Gasteiger partial charge is 0.489 e. The maximum absolute atomic E-state index is 12.0. The third-order valence-electron chi connectivity index (χ3n) is 3.43. The van der Waals surface area contributed by atoms with E-state index in [1.807, 2.05) is 23.6 Å². The van der Waals surface area contributed by atoms with Crippen molar-refractivity contribution >= 4 is 46.7 Å². The number of carbonyl (C=O) groups is 1. The molecule has 3 aromatic rings. The Labute approximate surface area is 165 Å². The number of halogens is 2. The molecular weight excluding hydrogens is 391 g/mol. The molecule has 0 bridgehead atoms. The van der Waals surface area contributed by atoms with E-state index in [9.17, 15) is 4.79 Å². The summed E-state index contributed by atoms with van der Waals surface area (Å²) in [5.41, 5.74) is 3.82. The fraction of sp³-hybridized carbons (Fsp3) is 0.0526. The molecule has 4 nitrogen and oxygen atoms in total. The highest BCUT2D eigenvalue weighted by Crippen LogP contribution is 2.23. The molecule has 1 amide bonds. The van der Waals surface area contributed by atoms with E-state index in [0.717, 1.165) is 10.4 Å². The fourth-order valence-electron chi connectivity index (χ4n) is 2.09. The van der Waals surface area contributed by atoms with Gasteiger partial charge in [0, 0.05) is 26.0 Å². The lowest BCUT2D eigenvalue weighted by molar-refractivity contribution is 0.0955. The van der Waals surface area contributed by atoms with Crippen molar-refractivity contribution in [1.29, 1.82) is 0 Å². The summed E-state index contributed by atoms with van der Waals surface area (Å²) in [5.74, 6) is 0.347. The summed E-state index contributed by atoms with van der Waals surface area (Å²) in [6.45, 7) is 0.312. The van der Waals surface area contributed by atoms with E-state index >= 15 is 0 Å². The number of benzene rings is 2. The van der Waals surface area contributed by atoms with Crippen LogP contribution < -0.4 is 10.2 Å². The molecule has 1 aromatic heterocycles. The quantitative estimate of drug-likeness (QED) is 0.441. The first-order valence-corrected chi connectivity index (χ1v) is 9.29. The Morgan fingerprint density at radius 2 is 1.96 bits per heavy atom. The van der Waals surface area contributed by atoms with Crippen LogP contribution in [0.2, 0.25) is 10.0 Å². The van der Waals surface area contributed by atoms with Crippen molar-refractivity contribution in [2.75, 3.05) is 0 Å². The van der Waals surface area contributed by atoms with Gasteiger partial charge in [0.2, 0.25) is 0 Å². The highest BCUT2D eigenvalue weighted by atomic mass is 35.5. The summed E-state index contributed by atoms with van der Waals surface area (Å²) < 4.78 is 5.69. The van der Waals surface area contributed by atoms with E-state index in [0.29, 0.717) is 28.0 Å². The Hall–Kier alpha value is -2.34. The van der Waals surface area contributed by atoms with E-state index in [1.165, 1.54) is 0 Å². The number of hydrogen-bond donors (Lipinski definition) is 1. The number of thiophene rings is 1. The molecule has 0 unspecified atom stereocenters. The molecule has 0 aliphatic heterocycles. The van der Waals surface area contributed by atoms with Gasteiger partial charge in [-0.05, 0) is 47.8 Å². The van der Waals surface area contributed by atoms with E-state index in [2.05, 4.69) is 10.5 Å². The number of hydrazone groups is 1. The van der Waals surface area contributed by atoms with Crippen LogP contribution in [0.4, 0.5) is 0 Å². The zero-order valence-electron chi connectivity index (χ0n) is 13.5. The maximum Gasteiger partial charge on any atom is 0.271 e. The summed E-state index contributed by atoms with van der Waals surface area (Å²) >= 11 is 13.5. The lowest BCUT2D eigenvalue weighted by Crippen LogP contribution is -2.17. The van der Waals surface area contributed by atoms with Crippen molar-refractivity contribution in [2.24, 2.45) is 5.10 Å². The second kappa shape index (κ2) is 8.85. The molecule has 7 heteroatoms. The van der Waals surface area contributed by atoms with E-state index in [1.54, 1.807) is 53.9 Å². The average Bonchev–Trinajstić information content (AvgIpc) is 3.15. The number of nitrogens with one attached hydrogen (secondary N) is 1. The summed E-state index contributed by atoms with van der Waals surface area (Å²) in [4.78, 5) is 13.0. The molecule has 0 radical (unpaired) electrons. The van der Waals surface area contributed by atoms with Crippen LogP contribution in [0.5, 0.6) is 5.75 Å². The molecule has 0 fully saturated rings. The van der Waals surface area contributed by atoms with E-state index < -0.39 is 0 Å². The van der Waals surface area contributed by atoms with Gasteiger partial charge in [-0.3, -0.25) is 4.79 Å². The third-order valence-corrected chi connectivity index (χ3v) is 4.82. The van der Waals surface area contributed by atoms with Gasteiger partial charge >= 0.3 is 0 Å². The number of carbonyl (C=O) groups excluding carboxylic acids is 1. The second-order valence-electron chi connectivity index (χ2n) is 5.26. The van der Waals surface area contributed by atoms with Gasteiger partial charge in [0.15, 0.2) is 0 Å². The molecule has 2 aromatic carbocycles. The molecule has 26 heavy (non-hydrogen) atoms. The van der Waals surface area contributed by atoms with Gasteiger partial charge in [0.1, 0.15) is 12.4 Å². The summed E-state index contributed by atoms with van der Waals surface area (Å²) in [7, 11) is 0. The molecule has 0 saturated carbocycles. The molecule has 1 N–H and O–H groups in total. The molecule has 132 valence electrons. The van der Waals surface area contributed by atoms with Gasteiger partial charge in [-0.2, -0.15) is 5.10 Å². The monoisotopic (exact) mass is 404 g/mol. The van der Waals surface area contributed by atoms with Crippen LogP contribution in [-0.2, 0) is 6.61 Å². The van der Waals surface area contributed by atoms with Crippen molar-refractivity contribution in [2.45, 2.75) is 6.61 Å². The fourth-order valence-corrected chi connectivity index (χ4v) is 3.13. The van der Waals surface area contributed by atoms with Crippen LogP contribution >= 0.6 is 34.5 Å². The highest BCUT2D eigenvalue weighted by molar-refractivity contribution is 7.11. The van der Waals surface area contributed by atoms with Gasteiger partial charge in [-0.25, -0.2) is 5.43 Å². The first-order valence-electron chi connectivity index (χ1n) is 7.65. The van der Waals surface area contributed by atoms with Crippen LogP contribution in [0, 0.1) is 0 Å². The Morgan fingerprint density at radius 1 is 1.15 bits per heavy atom. The zero-order chi connectivity index (χ0) is 18.4. The van der Waals surface area contributed by atoms with Gasteiger partial charge in [0.25, 0.3) is 5.91 Å². The number of nitrogens with zero attached hydrogens (tertiary/aromatic N) is 1. The predicted molar refractivity (Wildman–Crippen MR) is 107 cm³/mol. The number of amides is 1. The third kappa shape index (κ3) is 5.08. The molecule has 0 aliphatic rings. The van der Waals surface area contributed by atoms with Crippen LogP contribution in [-0.4, -0.2) is 12.1 Å². The summed E-state index contributed by atoms with van der Waals surface area (Å²) in [5, 5.41) is 7.01. The van der Waals surface area contributed by atoms with Crippen LogP contribution in [0.1, 0.15) is 20.8 Å². The first-order chi connectivity index (χ1) is 12.6. The van der Waals surface area contributed by atoms with Crippen molar-refractivity contribution in [3.05, 3.63) is 86.0 Å². The molecule has 3 rings (SSSR count). The molecule has 0 aliphatic carbocycles. The van der Waals surface area contributed by atoms with Crippen LogP contribution in [0.15, 0.2) is 65.1 Å². The second-order valence-corrected chi connectivity index (χ2v) is 7.09.